The summed E-state index contributed by atoms with van der Waals surface area (Å²) in [6, 6.07) is 5.27. The second-order valence-electron chi connectivity index (χ2n) is 5.44. The Bertz CT molecular complexity index is 505. The minimum absolute atomic E-state index is 0.00270. The van der Waals surface area contributed by atoms with Crippen LogP contribution >= 0.6 is 0 Å². The Labute approximate surface area is 136 Å². The van der Waals surface area contributed by atoms with E-state index in [1.807, 2.05) is 6.92 Å². The van der Waals surface area contributed by atoms with E-state index in [9.17, 15) is 14.0 Å². The normalized spacial score (nSPS) is 11.8. The van der Waals surface area contributed by atoms with Gasteiger partial charge in [0.15, 0.2) is 0 Å². The van der Waals surface area contributed by atoms with Gasteiger partial charge in [-0.15, -0.1) is 0 Å². The summed E-state index contributed by atoms with van der Waals surface area (Å²) in [5.41, 5.74) is 0.769. The van der Waals surface area contributed by atoms with Gasteiger partial charge in [0.05, 0.1) is 0 Å². The van der Waals surface area contributed by atoms with E-state index in [2.05, 4.69) is 5.32 Å². The quantitative estimate of drug-likeness (QED) is 0.681. The molecule has 1 rings (SSSR count). The second kappa shape index (κ2) is 9.94. The Hall–Kier alpha value is -1.95. The molecule has 0 heterocycles. The minimum Gasteiger partial charge on any atom is -0.396 e. The molecule has 0 spiro atoms. The fourth-order valence-corrected chi connectivity index (χ4v) is 2.16. The van der Waals surface area contributed by atoms with Crippen LogP contribution in [0, 0.1) is 5.82 Å². The molecule has 0 saturated heterocycles. The number of amides is 2. The number of benzene rings is 1. The highest BCUT2D eigenvalue weighted by molar-refractivity contribution is 5.87. The number of hydrogen-bond donors (Lipinski definition) is 2. The van der Waals surface area contributed by atoms with Crippen LogP contribution in [0.25, 0.3) is 0 Å². The van der Waals surface area contributed by atoms with Gasteiger partial charge in [-0.25, -0.2) is 4.39 Å². The largest absolute Gasteiger partial charge is 0.396 e. The molecule has 0 unspecified atom stereocenters. The predicted molar refractivity (Wildman–Crippen MR) is 86.0 cm³/mol. The smallest absolute Gasteiger partial charge is 0.242 e. The molecule has 5 nitrogen and oxygen atoms in total. The third-order valence-electron chi connectivity index (χ3n) is 3.53. The third kappa shape index (κ3) is 6.36. The van der Waals surface area contributed by atoms with Gasteiger partial charge in [-0.3, -0.25) is 9.59 Å². The maximum Gasteiger partial charge on any atom is 0.242 e. The van der Waals surface area contributed by atoms with Crippen molar-refractivity contribution in [2.24, 2.45) is 0 Å². The van der Waals surface area contributed by atoms with E-state index in [1.165, 1.54) is 17.0 Å². The summed E-state index contributed by atoms with van der Waals surface area (Å²) in [4.78, 5) is 26.0. The highest BCUT2D eigenvalue weighted by Gasteiger charge is 2.25. The highest BCUT2D eigenvalue weighted by atomic mass is 19.1. The van der Waals surface area contributed by atoms with Crippen LogP contribution in [0.3, 0.4) is 0 Å². The van der Waals surface area contributed by atoms with E-state index in [-0.39, 0.29) is 30.8 Å². The number of rotatable bonds is 9. The van der Waals surface area contributed by atoms with E-state index < -0.39 is 6.04 Å². The lowest BCUT2D eigenvalue weighted by Crippen LogP contribution is -2.47. The highest BCUT2D eigenvalue weighted by Crippen LogP contribution is 2.12. The van der Waals surface area contributed by atoms with Gasteiger partial charge >= 0.3 is 0 Å². The first kappa shape index (κ1) is 19.1. The third-order valence-corrected chi connectivity index (χ3v) is 3.53. The van der Waals surface area contributed by atoms with Crippen molar-refractivity contribution in [1.29, 1.82) is 0 Å². The lowest BCUT2D eigenvalue weighted by Gasteiger charge is -2.28. The maximum atomic E-state index is 13.0. The lowest BCUT2D eigenvalue weighted by molar-refractivity contribution is -0.140. The van der Waals surface area contributed by atoms with Crippen LogP contribution < -0.4 is 5.32 Å². The van der Waals surface area contributed by atoms with Gasteiger partial charge in [-0.2, -0.15) is 0 Å². The summed E-state index contributed by atoms with van der Waals surface area (Å²) in [6.07, 6.45) is 1.52. The van der Waals surface area contributed by atoms with Crippen molar-refractivity contribution >= 4 is 11.8 Å². The van der Waals surface area contributed by atoms with E-state index in [0.717, 1.165) is 5.56 Å². The molecule has 0 saturated carbocycles. The van der Waals surface area contributed by atoms with Crippen LogP contribution in [-0.4, -0.2) is 41.0 Å². The van der Waals surface area contributed by atoms with Crippen molar-refractivity contribution in [3.8, 4) is 0 Å². The number of aliphatic hydroxyl groups is 1. The monoisotopic (exact) mass is 324 g/mol. The molecule has 0 aliphatic heterocycles. The molecule has 0 fully saturated rings. The summed E-state index contributed by atoms with van der Waals surface area (Å²) in [5, 5.41) is 11.5. The first-order valence-electron chi connectivity index (χ1n) is 7.92. The number of carbonyl (C=O) groups is 2. The number of nitrogens with zero attached hydrogens (tertiary/aromatic N) is 1. The van der Waals surface area contributed by atoms with Crippen molar-refractivity contribution in [3.63, 3.8) is 0 Å². The van der Waals surface area contributed by atoms with Crippen molar-refractivity contribution in [2.75, 3.05) is 13.2 Å². The van der Waals surface area contributed by atoms with Gasteiger partial charge in [-0.05, 0) is 37.5 Å². The number of halogens is 1. The van der Waals surface area contributed by atoms with Crippen molar-refractivity contribution in [2.45, 2.75) is 45.7 Å². The Kier molecular flexibility index (Phi) is 8.26. The lowest BCUT2D eigenvalue weighted by atomic mass is 10.1. The molecular formula is C17H25FN2O3. The van der Waals surface area contributed by atoms with Crippen LogP contribution in [0.1, 0.15) is 38.7 Å². The van der Waals surface area contributed by atoms with Crippen molar-refractivity contribution in [1.82, 2.24) is 10.2 Å². The molecule has 0 aliphatic rings. The van der Waals surface area contributed by atoms with Gasteiger partial charge in [0.25, 0.3) is 0 Å². The molecule has 0 radical (unpaired) electrons. The van der Waals surface area contributed by atoms with Crippen LogP contribution in [0.5, 0.6) is 0 Å². The molecule has 2 amide bonds. The molecule has 0 aliphatic carbocycles. The Balaban J connectivity index is 2.80. The zero-order valence-electron chi connectivity index (χ0n) is 13.7. The molecule has 2 N–H and O–H groups in total. The van der Waals surface area contributed by atoms with Gasteiger partial charge < -0.3 is 15.3 Å². The molecule has 1 atom stereocenters. The summed E-state index contributed by atoms with van der Waals surface area (Å²) in [7, 11) is 0. The molecule has 23 heavy (non-hydrogen) atoms. The number of hydrogen-bond acceptors (Lipinski definition) is 3. The average molecular weight is 324 g/mol. The summed E-state index contributed by atoms with van der Waals surface area (Å²) in [6.45, 7) is 4.20. The number of nitrogens with one attached hydrogen (secondary N) is 1. The molecule has 0 aromatic heterocycles. The fourth-order valence-electron chi connectivity index (χ4n) is 2.16. The first-order valence-corrected chi connectivity index (χ1v) is 7.92. The fraction of sp³-hybridized carbons (Fsp3) is 0.529. The van der Waals surface area contributed by atoms with Crippen molar-refractivity contribution < 1.29 is 19.1 Å². The topological polar surface area (TPSA) is 69.6 Å². The van der Waals surface area contributed by atoms with E-state index in [1.54, 1.807) is 19.1 Å². The molecule has 1 aromatic carbocycles. The molecule has 6 heteroatoms. The van der Waals surface area contributed by atoms with E-state index >= 15 is 0 Å². The Morgan fingerprint density at radius 3 is 2.52 bits per heavy atom. The van der Waals surface area contributed by atoms with Crippen LogP contribution in [-0.2, 0) is 16.1 Å². The van der Waals surface area contributed by atoms with Crippen LogP contribution in [0.4, 0.5) is 4.39 Å². The predicted octanol–water partition coefficient (Wildman–Crippen LogP) is 1.84. The molecule has 1 aromatic rings. The van der Waals surface area contributed by atoms with E-state index in [4.69, 9.17) is 5.11 Å². The van der Waals surface area contributed by atoms with Gasteiger partial charge in [-0.1, -0.05) is 19.1 Å². The summed E-state index contributed by atoms with van der Waals surface area (Å²) < 4.78 is 13.0. The van der Waals surface area contributed by atoms with E-state index in [0.29, 0.717) is 25.8 Å². The zero-order chi connectivity index (χ0) is 17.2. The standard InChI is InChI=1S/C17H25FN2O3/c1-3-5-16(22)20(12-14-6-8-15(18)9-7-14)13(2)17(23)19-10-4-11-21/h6-9,13,21H,3-5,10-12H2,1-2H3,(H,19,23)/t13-/m1/s1. The maximum absolute atomic E-state index is 13.0. The molecule has 0 bridgehead atoms. The SMILES string of the molecule is CCCC(=O)N(Cc1ccc(F)cc1)[C@H](C)C(=O)NCCCO. The van der Waals surface area contributed by atoms with Crippen LogP contribution in [0.15, 0.2) is 24.3 Å². The Morgan fingerprint density at radius 1 is 1.30 bits per heavy atom. The number of aliphatic hydroxyl groups excluding tert-OH is 1. The Morgan fingerprint density at radius 2 is 1.96 bits per heavy atom. The number of carbonyl (C=O) groups excluding carboxylic acids is 2. The van der Waals surface area contributed by atoms with Gasteiger partial charge in [0.2, 0.25) is 11.8 Å². The molecule has 128 valence electrons. The zero-order valence-corrected chi connectivity index (χ0v) is 13.7. The average Bonchev–Trinajstić information content (AvgIpc) is 2.54. The minimum atomic E-state index is -0.627. The van der Waals surface area contributed by atoms with Crippen LogP contribution in [0.2, 0.25) is 0 Å². The summed E-state index contributed by atoms with van der Waals surface area (Å²) in [5.74, 6) is -0.707. The van der Waals surface area contributed by atoms with Crippen molar-refractivity contribution in [3.05, 3.63) is 35.6 Å². The van der Waals surface area contributed by atoms with Gasteiger partial charge in [0.1, 0.15) is 11.9 Å². The van der Waals surface area contributed by atoms with Gasteiger partial charge in [0, 0.05) is 26.1 Å². The molecular weight excluding hydrogens is 299 g/mol. The first-order chi connectivity index (χ1) is 11.0. The second-order valence-corrected chi connectivity index (χ2v) is 5.44. The summed E-state index contributed by atoms with van der Waals surface area (Å²) >= 11 is 0.